The lowest BCUT2D eigenvalue weighted by molar-refractivity contribution is 0.0792. The molecule has 0 unspecified atom stereocenters. The molecule has 0 spiro atoms. The highest BCUT2D eigenvalue weighted by atomic mass is 32.2. The van der Waals surface area contributed by atoms with Gasteiger partial charge in [0.2, 0.25) is 0 Å². The number of aliphatic hydroxyl groups is 1. The molecule has 1 N–H and O–H groups in total. The molecule has 2 aromatic rings. The van der Waals surface area contributed by atoms with Crippen molar-refractivity contribution in [2.24, 2.45) is 0 Å². The van der Waals surface area contributed by atoms with Crippen molar-refractivity contribution in [2.75, 3.05) is 14.2 Å². The summed E-state index contributed by atoms with van der Waals surface area (Å²) in [5.41, 5.74) is 1.57. The number of nitrogens with zero attached hydrogens (tertiary/aromatic N) is 1. The molecule has 1 aliphatic rings. The molecule has 0 fully saturated rings. The number of benzene rings is 2. The van der Waals surface area contributed by atoms with Gasteiger partial charge in [-0.1, -0.05) is 17.7 Å². The number of aryl methyl sites for hydroxylation is 1. The maximum atomic E-state index is 11.0. The third-order valence-corrected chi connectivity index (χ3v) is 6.04. The highest BCUT2D eigenvalue weighted by Crippen LogP contribution is 2.53. The van der Waals surface area contributed by atoms with Crippen LogP contribution in [0.4, 0.5) is 0 Å². The Morgan fingerprint density at radius 2 is 1.76 bits per heavy atom. The number of nitriles is 1. The minimum atomic E-state index is -1.46. The minimum absolute atomic E-state index is 0.365. The van der Waals surface area contributed by atoms with Crippen molar-refractivity contribution in [2.45, 2.75) is 35.5 Å². The van der Waals surface area contributed by atoms with E-state index in [2.05, 4.69) is 6.07 Å². The van der Waals surface area contributed by atoms with Crippen LogP contribution in [0.15, 0.2) is 41.3 Å². The molecule has 1 aliphatic carbocycles. The molecule has 0 amide bonds. The maximum absolute atomic E-state index is 11.0. The smallest absolute Gasteiger partial charge is 0.167 e. The average Bonchev–Trinajstić information content (AvgIpc) is 2.64. The van der Waals surface area contributed by atoms with Crippen molar-refractivity contribution in [1.29, 1.82) is 5.26 Å². The fourth-order valence-electron chi connectivity index (χ4n) is 3.25. The largest absolute Gasteiger partial charge is 0.496 e. The van der Waals surface area contributed by atoms with Crippen LogP contribution in [0.2, 0.25) is 0 Å². The number of methoxy groups -OCH3 is 2. The number of ether oxygens (including phenoxy) is 2. The third-order valence-electron chi connectivity index (χ3n) is 4.63. The topological polar surface area (TPSA) is 62.5 Å². The first kappa shape index (κ1) is 17.7. The second kappa shape index (κ2) is 6.99. The van der Waals surface area contributed by atoms with Gasteiger partial charge in [-0.2, -0.15) is 5.26 Å². The fourth-order valence-corrected chi connectivity index (χ4v) is 4.55. The average molecular weight is 355 g/mol. The van der Waals surface area contributed by atoms with Crippen molar-refractivity contribution < 1.29 is 14.6 Å². The Labute approximate surface area is 152 Å². The first-order chi connectivity index (χ1) is 12.0. The zero-order valence-electron chi connectivity index (χ0n) is 14.6. The lowest BCUT2D eigenvalue weighted by Crippen LogP contribution is -2.37. The number of hydrogen-bond acceptors (Lipinski definition) is 5. The van der Waals surface area contributed by atoms with Crippen LogP contribution in [0.3, 0.4) is 0 Å². The van der Waals surface area contributed by atoms with E-state index in [1.807, 2.05) is 43.3 Å². The molecule has 0 aliphatic heterocycles. The van der Waals surface area contributed by atoms with Gasteiger partial charge in [0.25, 0.3) is 0 Å². The second-order valence-corrected chi connectivity index (χ2v) is 7.39. The number of fused-ring (bicyclic) bond motifs is 1. The molecule has 2 aromatic carbocycles. The summed E-state index contributed by atoms with van der Waals surface area (Å²) < 4.78 is 11.0. The predicted octanol–water partition coefficient (Wildman–Crippen LogP) is 4.05. The van der Waals surface area contributed by atoms with E-state index in [-0.39, 0.29) is 0 Å². The fraction of sp³-hybridized carbons (Fsp3) is 0.350. The van der Waals surface area contributed by atoms with E-state index in [1.165, 1.54) is 17.3 Å². The zero-order chi connectivity index (χ0) is 18.0. The molecule has 5 heteroatoms. The Hall–Kier alpha value is -2.16. The normalized spacial score (nSPS) is 22.0. The lowest BCUT2D eigenvalue weighted by atomic mass is 9.80. The van der Waals surface area contributed by atoms with Gasteiger partial charge in [0, 0.05) is 16.0 Å². The van der Waals surface area contributed by atoms with Crippen molar-refractivity contribution in [1.82, 2.24) is 0 Å². The maximum Gasteiger partial charge on any atom is 0.167 e. The Balaban J connectivity index is 2.13. The number of rotatable bonds is 4. The lowest BCUT2D eigenvalue weighted by Gasteiger charge is -2.37. The summed E-state index contributed by atoms with van der Waals surface area (Å²) >= 11 is 1.49. The molecular formula is C20H21NO3S. The van der Waals surface area contributed by atoms with E-state index in [1.54, 1.807) is 14.2 Å². The van der Waals surface area contributed by atoms with E-state index in [0.717, 1.165) is 21.8 Å². The summed E-state index contributed by atoms with van der Waals surface area (Å²) in [4.78, 5) is 1.00. The van der Waals surface area contributed by atoms with Gasteiger partial charge in [-0.15, -0.1) is 11.8 Å². The van der Waals surface area contributed by atoms with E-state index < -0.39 is 10.9 Å². The quantitative estimate of drug-likeness (QED) is 0.839. The third kappa shape index (κ3) is 3.20. The number of thioether (sulfide) groups is 1. The molecule has 130 valence electrons. The molecule has 4 nitrogen and oxygen atoms in total. The molecule has 0 heterocycles. The molecule has 0 radical (unpaired) electrons. The zero-order valence-corrected chi connectivity index (χ0v) is 15.4. The molecule has 0 saturated carbocycles. The Kier molecular flexibility index (Phi) is 4.94. The van der Waals surface area contributed by atoms with Crippen molar-refractivity contribution >= 4 is 11.8 Å². The van der Waals surface area contributed by atoms with Gasteiger partial charge in [-0.3, -0.25) is 0 Å². The standard InChI is InChI=1S/C20H21NO3S/c1-13-4-6-14(7-5-13)25-19-18-15(10-11-20(19,22)12-21)16(23-2)8-9-17(18)24-3/h4-9,19,22H,10-11H2,1-3H3/t19-,20-/m0/s1. The summed E-state index contributed by atoms with van der Waals surface area (Å²) in [5.74, 6) is 1.44. The number of hydrogen-bond donors (Lipinski definition) is 1. The molecule has 0 saturated heterocycles. The van der Waals surface area contributed by atoms with Crippen LogP contribution < -0.4 is 9.47 Å². The van der Waals surface area contributed by atoms with E-state index in [0.29, 0.717) is 18.6 Å². The summed E-state index contributed by atoms with van der Waals surface area (Å²) in [6.45, 7) is 2.03. The predicted molar refractivity (Wildman–Crippen MR) is 98.2 cm³/mol. The molecule has 25 heavy (non-hydrogen) atoms. The van der Waals surface area contributed by atoms with Crippen LogP contribution in [0.1, 0.15) is 28.4 Å². The SMILES string of the molecule is COc1ccc(OC)c2c1CC[C@](O)(C#N)[C@H]2Sc1ccc(C)cc1. The van der Waals surface area contributed by atoms with Crippen LogP contribution in [0, 0.1) is 18.3 Å². The summed E-state index contributed by atoms with van der Waals surface area (Å²) in [5, 5.41) is 20.2. The molecular weight excluding hydrogens is 334 g/mol. The van der Waals surface area contributed by atoms with Gasteiger partial charge >= 0.3 is 0 Å². The van der Waals surface area contributed by atoms with Crippen LogP contribution in [0.25, 0.3) is 0 Å². The first-order valence-electron chi connectivity index (χ1n) is 8.13. The molecule has 0 bridgehead atoms. The van der Waals surface area contributed by atoms with Crippen LogP contribution >= 0.6 is 11.8 Å². The van der Waals surface area contributed by atoms with Gasteiger partial charge in [0.1, 0.15) is 11.5 Å². The van der Waals surface area contributed by atoms with Gasteiger partial charge in [-0.25, -0.2) is 0 Å². The summed E-state index contributed by atoms with van der Waals surface area (Å²) in [7, 11) is 3.24. The Morgan fingerprint density at radius 3 is 2.36 bits per heavy atom. The Morgan fingerprint density at radius 1 is 1.12 bits per heavy atom. The van der Waals surface area contributed by atoms with Crippen molar-refractivity contribution in [3.05, 3.63) is 53.1 Å². The first-order valence-corrected chi connectivity index (χ1v) is 9.01. The van der Waals surface area contributed by atoms with E-state index >= 15 is 0 Å². The van der Waals surface area contributed by atoms with Crippen LogP contribution in [-0.4, -0.2) is 24.9 Å². The highest BCUT2D eigenvalue weighted by molar-refractivity contribution is 7.99. The van der Waals surface area contributed by atoms with Crippen LogP contribution in [-0.2, 0) is 6.42 Å². The molecule has 2 atom stereocenters. The molecule has 3 rings (SSSR count). The van der Waals surface area contributed by atoms with E-state index in [4.69, 9.17) is 9.47 Å². The van der Waals surface area contributed by atoms with Crippen molar-refractivity contribution in [3.63, 3.8) is 0 Å². The van der Waals surface area contributed by atoms with Crippen molar-refractivity contribution in [3.8, 4) is 17.6 Å². The van der Waals surface area contributed by atoms with Gasteiger partial charge < -0.3 is 14.6 Å². The Bertz CT molecular complexity index is 813. The van der Waals surface area contributed by atoms with Gasteiger partial charge in [-0.05, 0) is 44.0 Å². The molecule has 0 aromatic heterocycles. The monoisotopic (exact) mass is 355 g/mol. The second-order valence-electron chi connectivity index (χ2n) is 6.21. The van der Waals surface area contributed by atoms with Gasteiger partial charge in [0.15, 0.2) is 5.60 Å². The minimum Gasteiger partial charge on any atom is -0.496 e. The summed E-state index contributed by atoms with van der Waals surface area (Å²) in [6, 6.07) is 13.9. The van der Waals surface area contributed by atoms with Crippen LogP contribution in [0.5, 0.6) is 11.5 Å². The summed E-state index contributed by atoms with van der Waals surface area (Å²) in [6.07, 6.45) is 0.939. The van der Waals surface area contributed by atoms with E-state index in [9.17, 15) is 10.4 Å². The van der Waals surface area contributed by atoms with Gasteiger partial charge in [0.05, 0.1) is 25.5 Å². The highest BCUT2D eigenvalue weighted by Gasteiger charge is 2.45.